The van der Waals surface area contributed by atoms with Gasteiger partial charge in [0.1, 0.15) is 0 Å². The molecule has 2 amide bonds. The van der Waals surface area contributed by atoms with Crippen molar-refractivity contribution in [2.24, 2.45) is 0 Å². The lowest BCUT2D eigenvalue weighted by molar-refractivity contribution is -0.136. The summed E-state index contributed by atoms with van der Waals surface area (Å²) in [4.78, 5) is 27.6. The molecule has 194 valence electrons. The Balaban J connectivity index is 0.00000612. The number of carbonyl (C=O) groups excluding carboxylic acids is 1. The zero-order valence-electron chi connectivity index (χ0n) is 21.7. The molecule has 0 aliphatic rings. The number of anilines is 2. The van der Waals surface area contributed by atoms with Crippen LogP contribution < -0.4 is 15.1 Å². The van der Waals surface area contributed by atoms with E-state index in [0.717, 1.165) is 54.0 Å². The Bertz CT molecular complexity index is 931. The third kappa shape index (κ3) is 9.44. The van der Waals surface area contributed by atoms with Crippen LogP contribution in [0.15, 0.2) is 42.5 Å². The Morgan fingerprint density at radius 2 is 1.66 bits per heavy atom. The molecule has 35 heavy (non-hydrogen) atoms. The van der Waals surface area contributed by atoms with Crippen molar-refractivity contribution in [3.8, 4) is 11.1 Å². The molecule has 0 aliphatic heterocycles. The molecule has 0 heterocycles. The maximum Gasteiger partial charge on any atom is 0.321 e. The number of carboxylic acid groups (broad SMARTS) is 1. The van der Waals surface area contributed by atoms with Gasteiger partial charge in [-0.05, 0) is 56.0 Å². The largest absolute Gasteiger partial charge is 0.481 e. The number of amides is 2. The van der Waals surface area contributed by atoms with Crippen LogP contribution in [0.4, 0.5) is 16.2 Å². The molecular formula is C28H42ClN3O3. The van der Waals surface area contributed by atoms with Crippen LogP contribution in [0.3, 0.4) is 0 Å². The fourth-order valence-electron chi connectivity index (χ4n) is 4.10. The molecule has 0 radical (unpaired) electrons. The van der Waals surface area contributed by atoms with Crippen molar-refractivity contribution in [3.63, 3.8) is 0 Å². The summed E-state index contributed by atoms with van der Waals surface area (Å²) >= 11 is 0. The van der Waals surface area contributed by atoms with Crippen LogP contribution >= 0.6 is 12.4 Å². The van der Waals surface area contributed by atoms with Crippen LogP contribution in [0.5, 0.6) is 0 Å². The number of carboxylic acids is 1. The van der Waals surface area contributed by atoms with E-state index < -0.39 is 5.97 Å². The van der Waals surface area contributed by atoms with E-state index in [0.29, 0.717) is 13.0 Å². The van der Waals surface area contributed by atoms with Crippen molar-refractivity contribution in [2.75, 3.05) is 36.5 Å². The van der Waals surface area contributed by atoms with E-state index in [1.165, 1.54) is 19.3 Å². The van der Waals surface area contributed by atoms with E-state index in [2.05, 4.69) is 49.2 Å². The molecule has 0 fully saturated rings. The van der Waals surface area contributed by atoms with Crippen molar-refractivity contribution < 1.29 is 14.7 Å². The molecule has 0 bridgehead atoms. The maximum absolute atomic E-state index is 12.7. The standard InChI is InChI=1S/C28H41N3O3.ClH/c1-5-8-9-10-11-19-29-28(34)30(4)24-14-12-13-23(21-24)25-17-15-22(16-18-27(32)33)20-26(25)31(6-2)7-3;/h12-15,17,20-21H,5-11,16,18-19H2,1-4H3,(H,29,34)(H,32,33);1H. The number of hydrogen-bond donors (Lipinski definition) is 2. The highest BCUT2D eigenvalue weighted by atomic mass is 35.5. The molecule has 0 saturated carbocycles. The average Bonchev–Trinajstić information content (AvgIpc) is 2.85. The number of nitrogens with zero attached hydrogens (tertiary/aromatic N) is 2. The fourth-order valence-corrected chi connectivity index (χ4v) is 4.10. The Hall–Kier alpha value is -2.73. The summed E-state index contributed by atoms with van der Waals surface area (Å²) < 4.78 is 0. The highest BCUT2D eigenvalue weighted by molar-refractivity contribution is 5.92. The van der Waals surface area contributed by atoms with Gasteiger partial charge < -0.3 is 15.3 Å². The monoisotopic (exact) mass is 503 g/mol. The molecule has 2 N–H and O–H groups in total. The Labute approximate surface area is 217 Å². The quantitative estimate of drug-likeness (QED) is 0.279. The van der Waals surface area contributed by atoms with Gasteiger partial charge in [-0.15, -0.1) is 12.4 Å². The highest BCUT2D eigenvalue weighted by Crippen LogP contribution is 2.34. The first kappa shape index (κ1) is 30.3. The normalized spacial score (nSPS) is 10.4. The van der Waals surface area contributed by atoms with E-state index in [4.69, 9.17) is 5.11 Å². The molecule has 6 nitrogen and oxygen atoms in total. The predicted molar refractivity (Wildman–Crippen MR) is 149 cm³/mol. The number of halogens is 1. The number of hydrogen-bond acceptors (Lipinski definition) is 3. The molecule has 2 aromatic rings. The number of unbranched alkanes of at least 4 members (excludes halogenated alkanes) is 4. The summed E-state index contributed by atoms with van der Waals surface area (Å²) in [6, 6.07) is 14.1. The topological polar surface area (TPSA) is 72.9 Å². The molecule has 0 spiro atoms. The smallest absolute Gasteiger partial charge is 0.321 e. The molecule has 0 atom stereocenters. The second kappa shape index (κ2) is 16.0. The second-order valence-electron chi connectivity index (χ2n) is 8.67. The Morgan fingerprint density at radius 1 is 0.943 bits per heavy atom. The molecule has 7 heteroatoms. The van der Waals surface area contributed by atoms with Gasteiger partial charge in [0.2, 0.25) is 0 Å². The third-order valence-electron chi connectivity index (χ3n) is 6.20. The average molecular weight is 504 g/mol. The van der Waals surface area contributed by atoms with E-state index in [-0.39, 0.29) is 24.9 Å². The van der Waals surface area contributed by atoms with Crippen molar-refractivity contribution in [3.05, 3.63) is 48.0 Å². The minimum Gasteiger partial charge on any atom is -0.481 e. The van der Waals surface area contributed by atoms with Crippen LogP contribution in [0.2, 0.25) is 0 Å². The van der Waals surface area contributed by atoms with Crippen LogP contribution in [0.25, 0.3) is 11.1 Å². The summed E-state index contributed by atoms with van der Waals surface area (Å²) in [6.07, 6.45) is 6.44. The number of aryl methyl sites for hydroxylation is 1. The van der Waals surface area contributed by atoms with Crippen LogP contribution in [0, 0.1) is 0 Å². The van der Waals surface area contributed by atoms with Gasteiger partial charge in [0, 0.05) is 50.0 Å². The van der Waals surface area contributed by atoms with Gasteiger partial charge in [0.25, 0.3) is 0 Å². The zero-order valence-corrected chi connectivity index (χ0v) is 22.5. The van der Waals surface area contributed by atoms with Crippen LogP contribution in [-0.2, 0) is 11.2 Å². The van der Waals surface area contributed by atoms with E-state index in [1.54, 1.807) is 11.9 Å². The van der Waals surface area contributed by atoms with Crippen molar-refractivity contribution in [2.45, 2.75) is 65.7 Å². The summed E-state index contributed by atoms with van der Waals surface area (Å²) in [7, 11) is 1.80. The van der Waals surface area contributed by atoms with Gasteiger partial charge in [0.15, 0.2) is 0 Å². The van der Waals surface area contributed by atoms with E-state index in [9.17, 15) is 9.59 Å². The first-order valence-electron chi connectivity index (χ1n) is 12.6. The molecule has 0 unspecified atom stereocenters. The summed E-state index contributed by atoms with van der Waals surface area (Å²) in [5, 5.41) is 12.1. The van der Waals surface area contributed by atoms with Crippen LogP contribution in [-0.4, -0.2) is 43.8 Å². The SMILES string of the molecule is CCCCCCCNC(=O)N(C)c1cccc(-c2ccc(CCC(=O)O)cc2N(CC)CC)c1.Cl. The first-order chi connectivity index (χ1) is 16.4. The predicted octanol–water partition coefficient (Wildman–Crippen LogP) is 6.76. The summed E-state index contributed by atoms with van der Waals surface area (Å²) in [5.41, 5.74) is 5.04. The van der Waals surface area contributed by atoms with Gasteiger partial charge in [-0.3, -0.25) is 9.69 Å². The first-order valence-corrected chi connectivity index (χ1v) is 12.6. The van der Waals surface area contributed by atoms with Crippen molar-refractivity contribution >= 4 is 35.8 Å². The lowest BCUT2D eigenvalue weighted by Crippen LogP contribution is -2.37. The maximum atomic E-state index is 12.7. The zero-order chi connectivity index (χ0) is 24.9. The van der Waals surface area contributed by atoms with Crippen molar-refractivity contribution in [1.29, 1.82) is 0 Å². The molecule has 0 aromatic heterocycles. The molecule has 0 saturated heterocycles. The summed E-state index contributed by atoms with van der Waals surface area (Å²) in [5.74, 6) is -0.788. The number of rotatable bonds is 14. The lowest BCUT2D eigenvalue weighted by Gasteiger charge is -2.26. The van der Waals surface area contributed by atoms with Gasteiger partial charge in [-0.25, -0.2) is 4.79 Å². The van der Waals surface area contributed by atoms with Gasteiger partial charge >= 0.3 is 12.0 Å². The van der Waals surface area contributed by atoms with Crippen LogP contribution in [0.1, 0.15) is 64.9 Å². The van der Waals surface area contributed by atoms with Gasteiger partial charge in [0.05, 0.1) is 0 Å². The second-order valence-corrected chi connectivity index (χ2v) is 8.67. The minimum absolute atomic E-state index is 0. The summed E-state index contributed by atoms with van der Waals surface area (Å²) in [6.45, 7) is 8.83. The third-order valence-corrected chi connectivity index (χ3v) is 6.20. The Morgan fingerprint density at radius 3 is 2.31 bits per heavy atom. The van der Waals surface area contributed by atoms with E-state index >= 15 is 0 Å². The number of benzene rings is 2. The number of urea groups is 1. The fraction of sp³-hybridized carbons (Fsp3) is 0.500. The number of carbonyl (C=O) groups is 2. The number of nitrogens with one attached hydrogen (secondary N) is 1. The number of aliphatic carboxylic acids is 1. The molecule has 2 aromatic carbocycles. The van der Waals surface area contributed by atoms with Crippen molar-refractivity contribution in [1.82, 2.24) is 5.32 Å². The minimum atomic E-state index is -0.788. The lowest BCUT2D eigenvalue weighted by atomic mass is 9.98. The molecule has 2 rings (SSSR count). The Kier molecular flexibility index (Phi) is 13.9. The van der Waals surface area contributed by atoms with Gasteiger partial charge in [-0.2, -0.15) is 0 Å². The highest BCUT2D eigenvalue weighted by Gasteiger charge is 2.15. The molecular weight excluding hydrogens is 462 g/mol. The van der Waals surface area contributed by atoms with Gasteiger partial charge in [-0.1, -0.05) is 56.9 Å². The van der Waals surface area contributed by atoms with E-state index in [1.807, 2.05) is 24.3 Å². The molecule has 0 aliphatic carbocycles.